The number of nitro groups is 1. The van der Waals surface area contributed by atoms with Gasteiger partial charge in [-0.05, 0) is 18.4 Å². The molecular formula is C14H21ClFN3O2. The largest absolute Gasteiger partial charge is 0.365 e. The van der Waals surface area contributed by atoms with Crippen LogP contribution in [0, 0.1) is 21.3 Å². The first-order valence-electron chi connectivity index (χ1n) is 6.80. The van der Waals surface area contributed by atoms with E-state index in [-0.39, 0.29) is 21.8 Å². The number of nitrogens with two attached hydrogens (primary N) is 1. The maximum absolute atomic E-state index is 13.7. The van der Waals surface area contributed by atoms with Crippen molar-refractivity contribution < 1.29 is 9.31 Å². The van der Waals surface area contributed by atoms with Gasteiger partial charge < -0.3 is 10.6 Å². The smallest absolute Gasteiger partial charge is 0.294 e. The molecule has 5 nitrogen and oxygen atoms in total. The molecule has 1 aromatic carbocycles. The summed E-state index contributed by atoms with van der Waals surface area (Å²) in [5.74, 6) is -0.663. The van der Waals surface area contributed by atoms with Crippen molar-refractivity contribution in [1.82, 2.24) is 0 Å². The fourth-order valence-corrected chi connectivity index (χ4v) is 2.22. The Balaban J connectivity index is 3.30. The van der Waals surface area contributed by atoms with E-state index in [0.717, 1.165) is 18.6 Å². The summed E-state index contributed by atoms with van der Waals surface area (Å²) in [5.41, 5.74) is 5.54. The van der Waals surface area contributed by atoms with Crippen LogP contribution in [0.2, 0.25) is 5.02 Å². The molecule has 0 amide bonds. The molecule has 0 aromatic heterocycles. The van der Waals surface area contributed by atoms with Crippen LogP contribution in [0.5, 0.6) is 0 Å². The number of rotatable bonds is 7. The Labute approximate surface area is 129 Å². The van der Waals surface area contributed by atoms with Gasteiger partial charge in [0.2, 0.25) is 0 Å². The Morgan fingerprint density at radius 3 is 2.57 bits per heavy atom. The van der Waals surface area contributed by atoms with Gasteiger partial charge in [-0.2, -0.15) is 0 Å². The van der Waals surface area contributed by atoms with Crippen LogP contribution in [0.1, 0.15) is 27.2 Å². The lowest BCUT2D eigenvalue weighted by Crippen LogP contribution is -2.39. The standard InChI is InChI=1S/C14H21ClFN3O2/c1-4-5-18(9-14(2,3)8-17)12-7-11(16)10(15)6-13(12)19(20)21/h6-7H,4-5,8-9,17H2,1-3H3. The molecule has 118 valence electrons. The summed E-state index contributed by atoms with van der Waals surface area (Å²) >= 11 is 5.65. The van der Waals surface area contributed by atoms with Gasteiger partial charge in [0.15, 0.2) is 0 Å². The number of halogens is 2. The number of hydrogen-bond acceptors (Lipinski definition) is 4. The second-order valence-corrected chi connectivity index (χ2v) is 6.21. The molecule has 2 N–H and O–H groups in total. The number of nitro benzene ring substituents is 1. The molecule has 0 aliphatic carbocycles. The predicted octanol–water partition coefficient (Wildman–Crippen LogP) is 3.59. The molecule has 0 saturated heterocycles. The molecule has 0 radical (unpaired) electrons. The van der Waals surface area contributed by atoms with Gasteiger partial charge in [0.1, 0.15) is 11.5 Å². The van der Waals surface area contributed by atoms with E-state index in [1.54, 1.807) is 4.90 Å². The second kappa shape index (κ2) is 7.04. The zero-order valence-electron chi connectivity index (χ0n) is 12.5. The van der Waals surface area contributed by atoms with Crippen LogP contribution < -0.4 is 10.6 Å². The number of benzene rings is 1. The SMILES string of the molecule is CCCN(CC(C)(C)CN)c1cc(F)c(Cl)cc1[N+](=O)[O-]. The summed E-state index contributed by atoms with van der Waals surface area (Å²) in [7, 11) is 0. The van der Waals surface area contributed by atoms with E-state index in [2.05, 4.69) is 0 Å². The Morgan fingerprint density at radius 2 is 2.10 bits per heavy atom. The lowest BCUT2D eigenvalue weighted by atomic mass is 9.92. The molecule has 1 aromatic rings. The van der Waals surface area contributed by atoms with Crippen LogP contribution in [-0.2, 0) is 0 Å². The lowest BCUT2D eigenvalue weighted by molar-refractivity contribution is -0.384. The summed E-state index contributed by atoms with van der Waals surface area (Å²) in [6.45, 7) is 7.39. The summed E-state index contributed by atoms with van der Waals surface area (Å²) in [5, 5.41) is 11.0. The van der Waals surface area contributed by atoms with E-state index in [0.29, 0.717) is 19.6 Å². The lowest BCUT2D eigenvalue weighted by Gasteiger charge is -2.33. The zero-order chi connectivity index (χ0) is 16.2. The fourth-order valence-electron chi connectivity index (χ4n) is 2.06. The molecule has 0 atom stereocenters. The Bertz CT molecular complexity index is 523. The Kier molecular flexibility index (Phi) is 5.92. The van der Waals surface area contributed by atoms with Gasteiger partial charge in [-0.3, -0.25) is 10.1 Å². The highest BCUT2D eigenvalue weighted by molar-refractivity contribution is 6.31. The summed E-state index contributed by atoms with van der Waals surface area (Å²) < 4.78 is 13.7. The summed E-state index contributed by atoms with van der Waals surface area (Å²) in [4.78, 5) is 12.5. The molecule has 21 heavy (non-hydrogen) atoms. The highest BCUT2D eigenvalue weighted by Gasteiger charge is 2.26. The van der Waals surface area contributed by atoms with Crippen molar-refractivity contribution in [3.63, 3.8) is 0 Å². The molecule has 0 saturated carbocycles. The second-order valence-electron chi connectivity index (χ2n) is 5.80. The first-order chi connectivity index (χ1) is 9.71. The normalized spacial score (nSPS) is 11.5. The Hall–Kier alpha value is -1.40. The van der Waals surface area contributed by atoms with Gasteiger partial charge in [0, 0.05) is 25.2 Å². The average Bonchev–Trinajstić information content (AvgIpc) is 2.40. The third-order valence-electron chi connectivity index (χ3n) is 3.22. The van der Waals surface area contributed by atoms with Crippen molar-refractivity contribution >= 4 is 23.0 Å². The summed E-state index contributed by atoms with van der Waals surface area (Å²) in [6.07, 6.45) is 0.780. The first kappa shape index (κ1) is 17.7. The molecule has 0 bridgehead atoms. The van der Waals surface area contributed by atoms with Gasteiger partial charge in [0.05, 0.1) is 9.95 Å². The number of hydrogen-bond donors (Lipinski definition) is 1. The van der Waals surface area contributed by atoms with Crippen molar-refractivity contribution in [3.05, 3.63) is 33.1 Å². The van der Waals surface area contributed by atoms with Crippen molar-refractivity contribution in [2.75, 3.05) is 24.5 Å². The first-order valence-corrected chi connectivity index (χ1v) is 7.18. The Morgan fingerprint density at radius 1 is 1.48 bits per heavy atom. The van der Waals surface area contributed by atoms with E-state index in [1.165, 1.54) is 0 Å². The minimum atomic E-state index is -0.663. The number of anilines is 1. The van der Waals surface area contributed by atoms with Crippen molar-refractivity contribution in [2.45, 2.75) is 27.2 Å². The highest BCUT2D eigenvalue weighted by atomic mass is 35.5. The van der Waals surface area contributed by atoms with Gasteiger partial charge in [-0.1, -0.05) is 32.4 Å². The molecule has 7 heteroatoms. The predicted molar refractivity (Wildman–Crippen MR) is 83.4 cm³/mol. The quantitative estimate of drug-likeness (QED) is 0.616. The molecule has 0 aliphatic heterocycles. The minimum Gasteiger partial charge on any atom is -0.365 e. The van der Waals surface area contributed by atoms with Gasteiger partial charge >= 0.3 is 0 Å². The molecule has 0 heterocycles. The van der Waals surface area contributed by atoms with Crippen molar-refractivity contribution in [2.24, 2.45) is 11.1 Å². The highest BCUT2D eigenvalue weighted by Crippen LogP contribution is 2.34. The third kappa shape index (κ3) is 4.54. The van der Waals surface area contributed by atoms with Crippen LogP contribution in [0.3, 0.4) is 0 Å². The topological polar surface area (TPSA) is 72.4 Å². The van der Waals surface area contributed by atoms with Gasteiger partial charge in [-0.25, -0.2) is 4.39 Å². The molecule has 0 unspecified atom stereocenters. The maximum atomic E-state index is 13.7. The van der Waals surface area contributed by atoms with Crippen LogP contribution in [0.25, 0.3) is 0 Å². The third-order valence-corrected chi connectivity index (χ3v) is 3.51. The van der Waals surface area contributed by atoms with Gasteiger partial charge in [0.25, 0.3) is 5.69 Å². The summed E-state index contributed by atoms with van der Waals surface area (Å²) in [6, 6.07) is 2.19. The van der Waals surface area contributed by atoms with E-state index in [4.69, 9.17) is 17.3 Å². The van der Waals surface area contributed by atoms with E-state index in [9.17, 15) is 14.5 Å². The van der Waals surface area contributed by atoms with Gasteiger partial charge in [-0.15, -0.1) is 0 Å². The fraction of sp³-hybridized carbons (Fsp3) is 0.571. The molecule has 0 aliphatic rings. The van der Waals surface area contributed by atoms with Crippen molar-refractivity contribution in [3.8, 4) is 0 Å². The van der Waals surface area contributed by atoms with Crippen LogP contribution in [0.4, 0.5) is 15.8 Å². The van der Waals surface area contributed by atoms with Crippen LogP contribution in [0.15, 0.2) is 12.1 Å². The number of nitrogens with zero attached hydrogens (tertiary/aromatic N) is 2. The van der Waals surface area contributed by atoms with E-state index in [1.807, 2.05) is 20.8 Å². The van der Waals surface area contributed by atoms with Crippen LogP contribution in [-0.4, -0.2) is 24.6 Å². The van der Waals surface area contributed by atoms with E-state index >= 15 is 0 Å². The average molecular weight is 318 g/mol. The van der Waals surface area contributed by atoms with E-state index < -0.39 is 10.7 Å². The van der Waals surface area contributed by atoms with Crippen molar-refractivity contribution in [1.29, 1.82) is 0 Å². The monoisotopic (exact) mass is 317 g/mol. The minimum absolute atomic E-state index is 0.192. The molecule has 0 fully saturated rings. The molecular weight excluding hydrogens is 297 g/mol. The maximum Gasteiger partial charge on any atom is 0.294 e. The zero-order valence-corrected chi connectivity index (χ0v) is 13.3. The van der Waals surface area contributed by atoms with Crippen LogP contribution >= 0.6 is 11.6 Å². The molecule has 0 spiro atoms. The molecule has 1 rings (SSSR count).